The Labute approximate surface area is 179 Å². The molecule has 8 heteroatoms. The third-order valence-electron chi connectivity index (χ3n) is 4.82. The Kier molecular flexibility index (Phi) is 6.89. The number of anilines is 2. The summed E-state index contributed by atoms with van der Waals surface area (Å²) in [4.78, 5) is 15.3. The fraction of sp³-hybridized carbons (Fsp3) is 0.261. The topological polar surface area (TPSA) is 53.9 Å². The van der Waals surface area contributed by atoms with Gasteiger partial charge in [0.2, 0.25) is 0 Å². The van der Waals surface area contributed by atoms with Crippen LogP contribution in [0.2, 0.25) is 0 Å². The van der Waals surface area contributed by atoms with E-state index in [1.807, 2.05) is 11.0 Å². The van der Waals surface area contributed by atoms with Crippen molar-refractivity contribution in [2.24, 2.45) is 0 Å². The maximum absolute atomic E-state index is 14.6. The molecule has 31 heavy (non-hydrogen) atoms. The molecule has 2 heterocycles. The lowest BCUT2D eigenvalue weighted by Crippen LogP contribution is -2.24. The van der Waals surface area contributed by atoms with Crippen LogP contribution >= 0.6 is 0 Å². The molecule has 0 fully saturated rings. The van der Waals surface area contributed by atoms with Crippen LogP contribution in [0.4, 0.5) is 24.8 Å². The highest BCUT2D eigenvalue weighted by atomic mass is 19.3. The third-order valence-corrected chi connectivity index (χ3v) is 4.82. The molecule has 0 aliphatic rings. The fourth-order valence-corrected chi connectivity index (χ4v) is 3.35. The van der Waals surface area contributed by atoms with Gasteiger partial charge in [-0.05, 0) is 19.9 Å². The van der Waals surface area contributed by atoms with Gasteiger partial charge in [0.15, 0.2) is 0 Å². The highest BCUT2D eigenvalue weighted by Gasteiger charge is 2.20. The predicted octanol–water partition coefficient (Wildman–Crippen LogP) is 5.76. The van der Waals surface area contributed by atoms with E-state index in [1.54, 1.807) is 32.2 Å². The Morgan fingerprint density at radius 1 is 1.13 bits per heavy atom. The van der Waals surface area contributed by atoms with Crippen molar-refractivity contribution >= 4 is 22.5 Å². The zero-order chi connectivity index (χ0) is 22.5. The number of benzene rings is 1. The SMILES string of the molecule is C=CCN(CC=C)c1cc2c(N[C@H](C)c3cccc(C(F)F)c3F)nc(C)nc2cn1. The summed E-state index contributed by atoms with van der Waals surface area (Å²) in [6, 6.07) is 5.23. The minimum Gasteiger partial charge on any atom is -0.363 e. The summed E-state index contributed by atoms with van der Waals surface area (Å²) in [5.41, 5.74) is 0.132. The summed E-state index contributed by atoms with van der Waals surface area (Å²) in [5, 5.41) is 3.84. The summed E-state index contributed by atoms with van der Waals surface area (Å²) in [6.45, 7) is 12.1. The van der Waals surface area contributed by atoms with Crippen molar-refractivity contribution in [3.8, 4) is 0 Å². The van der Waals surface area contributed by atoms with Crippen molar-refractivity contribution in [1.82, 2.24) is 15.0 Å². The number of aryl methyl sites for hydroxylation is 1. The monoisotopic (exact) mass is 427 g/mol. The Balaban J connectivity index is 2.03. The van der Waals surface area contributed by atoms with E-state index in [0.717, 1.165) is 6.07 Å². The van der Waals surface area contributed by atoms with E-state index in [9.17, 15) is 13.2 Å². The minimum atomic E-state index is -2.89. The number of pyridine rings is 1. The van der Waals surface area contributed by atoms with Gasteiger partial charge in [-0.2, -0.15) is 0 Å². The summed E-state index contributed by atoms with van der Waals surface area (Å²) in [7, 11) is 0. The number of aromatic nitrogens is 3. The lowest BCUT2D eigenvalue weighted by molar-refractivity contribution is 0.146. The average Bonchev–Trinajstić information content (AvgIpc) is 2.73. The van der Waals surface area contributed by atoms with Crippen molar-refractivity contribution in [2.75, 3.05) is 23.3 Å². The first-order valence-electron chi connectivity index (χ1n) is 9.79. The van der Waals surface area contributed by atoms with Gasteiger partial charge in [0, 0.05) is 24.0 Å². The predicted molar refractivity (Wildman–Crippen MR) is 118 cm³/mol. The Morgan fingerprint density at radius 2 is 1.81 bits per heavy atom. The van der Waals surface area contributed by atoms with Crippen molar-refractivity contribution < 1.29 is 13.2 Å². The minimum absolute atomic E-state index is 0.136. The molecule has 0 saturated carbocycles. The molecule has 0 amide bonds. The van der Waals surface area contributed by atoms with E-state index in [2.05, 4.69) is 33.4 Å². The van der Waals surface area contributed by atoms with Crippen molar-refractivity contribution in [3.63, 3.8) is 0 Å². The van der Waals surface area contributed by atoms with Crippen LogP contribution in [0.3, 0.4) is 0 Å². The molecular weight excluding hydrogens is 403 g/mol. The number of rotatable bonds is 9. The van der Waals surface area contributed by atoms with Crippen LogP contribution in [0.1, 0.15) is 36.3 Å². The van der Waals surface area contributed by atoms with Gasteiger partial charge in [-0.15, -0.1) is 13.2 Å². The number of halogens is 3. The van der Waals surface area contributed by atoms with Crippen LogP contribution < -0.4 is 10.2 Å². The second kappa shape index (κ2) is 9.59. The molecule has 0 aliphatic carbocycles. The van der Waals surface area contributed by atoms with Crippen molar-refractivity contribution in [1.29, 1.82) is 0 Å². The maximum atomic E-state index is 14.6. The molecule has 1 aromatic carbocycles. The van der Waals surface area contributed by atoms with Gasteiger partial charge in [0.25, 0.3) is 6.43 Å². The van der Waals surface area contributed by atoms with E-state index in [-0.39, 0.29) is 5.56 Å². The largest absolute Gasteiger partial charge is 0.363 e. The average molecular weight is 427 g/mol. The van der Waals surface area contributed by atoms with Crippen LogP contribution in [-0.4, -0.2) is 28.0 Å². The highest BCUT2D eigenvalue weighted by molar-refractivity contribution is 5.90. The first-order chi connectivity index (χ1) is 14.8. The second-order valence-electron chi connectivity index (χ2n) is 7.08. The maximum Gasteiger partial charge on any atom is 0.266 e. The molecule has 3 aromatic rings. The molecule has 2 aromatic heterocycles. The Hall–Kier alpha value is -3.42. The van der Waals surface area contributed by atoms with Gasteiger partial charge >= 0.3 is 0 Å². The summed E-state index contributed by atoms with van der Waals surface area (Å²) < 4.78 is 40.8. The van der Waals surface area contributed by atoms with Gasteiger partial charge in [-0.25, -0.2) is 28.1 Å². The Morgan fingerprint density at radius 3 is 2.45 bits per heavy atom. The number of hydrogen-bond donors (Lipinski definition) is 1. The summed E-state index contributed by atoms with van der Waals surface area (Å²) >= 11 is 0. The molecule has 0 aliphatic heterocycles. The van der Waals surface area contributed by atoms with Gasteiger partial charge in [0.1, 0.15) is 23.3 Å². The Bertz CT molecular complexity index is 1090. The molecule has 1 N–H and O–H groups in total. The number of fused-ring (bicyclic) bond motifs is 1. The molecule has 0 bridgehead atoms. The highest BCUT2D eigenvalue weighted by Crippen LogP contribution is 2.31. The van der Waals surface area contributed by atoms with E-state index in [0.29, 0.717) is 41.5 Å². The quantitative estimate of drug-likeness (QED) is 0.440. The first kappa shape index (κ1) is 22.3. The molecule has 0 radical (unpaired) electrons. The van der Waals surface area contributed by atoms with Crippen molar-refractivity contribution in [3.05, 3.63) is 78.5 Å². The number of hydrogen-bond acceptors (Lipinski definition) is 5. The number of nitrogens with one attached hydrogen (secondary N) is 1. The second-order valence-corrected chi connectivity index (χ2v) is 7.08. The molecule has 0 spiro atoms. The lowest BCUT2D eigenvalue weighted by atomic mass is 10.0. The van der Waals surface area contributed by atoms with E-state index in [4.69, 9.17) is 0 Å². The van der Waals surface area contributed by atoms with Crippen LogP contribution in [0.15, 0.2) is 55.8 Å². The summed E-state index contributed by atoms with van der Waals surface area (Å²) in [5.74, 6) is 0.740. The lowest BCUT2D eigenvalue weighted by Gasteiger charge is -2.22. The molecule has 162 valence electrons. The molecule has 0 unspecified atom stereocenters. The molecule has 1 atom stereocenters. The number of alkyl halides is 2. The third kappa shape index (κ3) is 4.84. The van der Waals surface area contributed by atoms with E-state index < -0.39 is 23.8 Å². The zero-order valence-electron chi connectivity index (χ0n) is 17.4. The standard InChI is InChI=1S/C23H24F3N5/c1-5-10-31(11-6-2)20-12-18-19(13-27-20)29-15(4)30-23(18)28-14(3)16-8-7-9-17(21(16)24)22(25)26/h5-9,12-14,22H,1-2,10-11H2,3-4H3,(H,28,29,30)/t14-/m1/s1. The van der Waals surface area contributed by atoms with Crippen LogP contribution in [-0.2, 0) is 0 Å². The van der Waals surface area contributed by atoms with Gasteiger partial charge in [-0.3, -0.25) is 0 Å². The molecule has 3 rings (SSSR count). The first-order valence-corrected chi connectivity index (χ1v) is 9.79. The molecule has 0 saturated heterocycles. The number of nitrogens with zero attached hydrogens (tertiary/aromatic N) is 4. The van der Waals surface area contributed by atoms with E-state index >= 15 is 0 Å². The normalized spacial score (nSPS) is 12.1. The fourth-order valence-electron chi connectivity index (χ4n) is 3.35. The zero-order valence-corrected chi connectivity index (χ0v) is 17.4. The van der Waals surface area contributed by atoms with E-state index in [1.165, 1.54) is 12.1 Å². The smallest absolute Gasteiger partial charge is 0.266 e. The molecule has 5 nitrogen and oxygen atoms in total. The molecular formula is C23H24F3N5. The van der Waals surface area contributed by atoms with Gasteiger partial charge in [0.05, 0.1) is 23.3 Å². The van der Waals surface area contributed by atoms with Crippen LogP contribution in [0.5, 0.6) is 0 Å². The van der Waals surface area contributed by atoms with Crippen LogP contribution in [0, 0.1) is 12.7 Å². The van der Waals surface area contributed by atoms with Gasteiger partial charge in [-0.1, -0.05) is 30.4 Å². The van der Waals surface area contributed by atoms with Gasteiger partial charge < -0.3 is 10.2 Å². The van der Waals surface area contributed by atoms with Crippen LogP contribution in [0.25, 0.3) is 10.9 Å². The van der Waals surface area contributed by atoms with Crippen molar-refractivity contribution in [2.45, 2.75) is 26.3 Å². The summed E-state index contributed by atoms with van der Waals surface area (Å²) in [6.07, 6.45) is 2.29.